The SMILES string of the molecule is COc1ccc(/C=C/c2oc3ccc(C#N)cc3c2C(C)=O)cc1. The van der Waals surface area contributed by atoms with E-state index in [4.69, 9.17) is 14.4 Å². The second-order valence-corrected chi connectivity index (χ2v) is 5.33. The maximum Gasteiger partial charge on any atom is 0.164 e. The Morgan fingerprint density at radius 2 is 1.92 bits per heavy atom. The number of nitrogens with zero attached hydrogens (tertiary/aromatic N) is 1. The molecule has 0 radical (unpaired) electrons. The molecule has 2 aromatic carbocycles. The van der Waals surface area contributed by atoms with Gasteiger partial charge >= 0.3 is 0 Å². The smallest absolute Gasteiger partial charge is 0.164 e. The molecule has 0 aliphatic rings. The quantitative estimate of drug-likeness (QED) is 0.655. The summed E-state index contributed by atoms with van der Waals surface area (Å²) in [6, 6.07) is 14.7. The van der Waals surface area contributed by atoms with Crippen LogP contribution < -0.4 is 4.74 Å². The first-order chi connectivity index (χ1) is 11.6. The van der Waals surface area contributed by atoms with E-state index < -0.39 is 0 Å². The molecule has 0 saturated heterocycles. The van der Waals surface area contributed by atoms with E-state index in [1.54, 1.807) is 31.4 Å². The van der Waals surface area contributed by atoms with Crippen LogP contribution in [0.2, 0.25) is 0 Å². The monoisotopic (exact) mass is 317 g/mol. The van der Waals surface area contributed by atoms with E-state index in [1.807, 2.05) is 30.3 Å². The first-order valence-electron chi connectivity index (χ1n) is 7.42. The van der Waals surface area contributed by atoms with Crippen molar-refractivity contribution in [3.05, 3.63) is 64.9 Å². The molecule has 0 spiro atoms. The highest BCUT2D eigenvalue weighted by molar-refractivity contribution is 6.09. The molecule has 1 aromatic heterocycles. The van der Waals surface area contributed by atoms with Crippen molar-refractivity contribution in [2.75, 3.05) is 7.11 Å². The van der Waals surface area contributed by atoms with Crippen LogP contribution in [0.5, 0.6) is 5.75 Å². The average molecular weight is 317 g/mol. The molecule has 3 rings (SSSR count). The van der Waals surface area contributed by atoms with Crippen molar-refractivity contribution in [1.82, 2.24) is 0 Å². The van der Waals surface area contributed by atoms with Crippen LogP contribution in [0, 0.1) is 11.3 Å². The number of carbonyl (C=O) groups is 1. The van der Waals surface area contributed by atoms with Gasteiger partial charge in [-0.3, -0.25) is 4.79 Å². The second kappa shape index (κ2) is 6.43. The van der Waals surface area contributed by atoms with Crippen LogP contribution in [-0.4, -0.2) is 12.9 Å². The summed E-state index contributed by atoms with van der Waals surface area (Å²) in [4.78, 5) is 12.0. The number of ether oxygens (including phenoxy) is 1. The van der Waals surface area contributed by atoms with E-state index in [2.05, 4.69) is 6.07 Å². The summed E-state index contributed by atoms with van der Waals surface area (Å²) in [5.41, 5.74) is 2.54. The van der Waals surface area contributed by atoms with Crippen LogP contribution in [0.15, 0.2) is 46.9 Å². The number of hydrogen-bond donors (Lipinski definition) is 0. The molecule has 118 valence electrons. The Balaban J connectivity index is 2.04. The van der Waals surface area contributed by atoms with E-state index in [0.717, 1.165) is 11.3 Å². The standard InChI is InChI=1S/C20H15NO3/c1-13(22)20-17-11-15(12-21)6-9-18(17)24-19(20)10-5-14-3-7-16(23-2)8-4-14/h3-11H,1-2H3/b10-5+. The van der Waals surface area contributed by atoms with Crippen LogP contribution in [0.4, 0.5) is 0 Å². The van der Waals surface area contributed by atoms with E-state index >= 15 is 0 Å². The number of rotatable bonds is 4. The average Bonchev–Trinajstić information content (AvgIpc) is 2.97. The van der Waals surface area contributed by atoms with Gasteiger partial charge in [0.05, 0.1) is 24.3 Å². The van der Waals surface area contributed by atoms with Crippen molar-refractivity contribution in [2.24, 2.45) is 0 Å². The molecule has 4 nitrogen and oxygen atoms in total. The van der Waals surface area contributed by atoms with Crippen molar-refractivity contribution < 1.29 is 13.9 Å². The van der Waals surface area contributed by atoms with Crippen LogP contribution in [-0.2, 0) is 0 Å². The fourth-order valence-electron chi connectivity index (χ4n) is 2.55. The molecule has 4 heteroatoms. The van der Waals surface area contributed by atoms with E-state index in [0.29, 0.717) is 27.9 Å². The van der Waals surface area contributed by atoms with Gasteiger partial charge in [0, 0.05) is 5.39 Å². The highest BCUT2D eigenvalue weighted by Gasteiger charge is 2.16. The minimum Gasteiger partial charge on any atom is -0.497 e. The van der Waals surface area contributed by atoms with Gasteiger partial charge in [-0.05, 0) is 48.9 Å². The summed E-state index contributed by atoms with van der Waals surface area (Å²) >= 11 is 0. The van der Waals surface area contributed by atoms with E-state index in [9.17, 15) is 4.79 Å². The van der Waals surface area contributed by atoms with Crippen LogP contribution in [0.25, 0.3) is 23.1 Å². The number of nitriles is 1. The largest absolute Gasteiger partial charge is 0.497 e. The number of furan rings is 1. The lowest BCUT2D eigenvalue weighted by Gasteiger charge is -1.99. The van der Waals surface area contributed by atoms with Crippen LogP contribution >= 0.6 is 0 Å². The fourth-order valence-corrected chi connectivity index (χ4v) is 2.55. The maximum atomic E-state index is 12.0. The number of hydrogen-bond acceptors (Lipinski definition) is 4. The summed E-state index contributed by atoms with van der Waals surface area (Å²) in [5.74, 6) is 1.17. The van der Waals surface area contributed by atoms with E-state index in [-0.39, 0.29) is 5.78 Å². The van der Waals surface area contributed by atoms with Gasteiger partial charge in [0.1, 0.15) is 17.1 Å². The minimum atomic E-state index is -0.0989. The van der Waals surface area contributed by atoms with Gasteiger partial charge in [-0.2, -0.15) is 5.26 Å². The number of ketones is 1. The highest BCUT2D eigenvalue weighted by atomic mass is 16.5. The molecule has 0 bridgehead atoms. The summed E-state index contributed by atoms with van der Waals surface area (Å²) in [6.45, 7) is 1.49. The molecular formula is C20H15NO3. The third kappa shape index (κ3) is 2.92. The van der Waals surface area contributed by atoms with Crippen molar-refractivity contribution in [2.45, 2.75) is 6.92 Å². The summed E-state index contributed by atoms with van der Waals surface area (Å²) in [5, 5.41) is 9.70. The maximum absolute atomic E-state index is 12.0. The third-order valence-electron chi connectivity index (χ3n) is 3.74. The normalized spacial score (nSPS) is 10.9. The molecule has 0 fully saturated rings. The number of methoxy groups -OCH3 is 1. The van der Waals surface area contributed by atoms with Gasteiger partial charge in [0.25, 0.3) is 0 Å². The Bertz CT molecular complexity index is 973. The highest BCUT2D eigenvalue weighted by Crippen LogP contribution is 2.29. The Morgan fingerprint density at radius 1 is 1.17 bits per heavy atom. The Labute approximate surface area is 139 Å². The first-order valence-corrected chi connectivity index (χ1v) is 7.42. The molecule has 3 aromatic rings. The van der Waals surface area contributed by atoms with Crippen molar-refractivity contribution in [1.29, 1.82) is 5.26 Å². The number of fused-ring (bicyclic) bond motifs is 1. The van der Waals surface area contributed by atoms with Crippen LogP contribution in [0.3, 0.4) is 0 Å². The first kappa shape index (κ1) is 15.6. The molecule has 0 N–H and O–H groups in total. The molecule has 1 heterocycles. The summed E-state index contributed by atoms with van der Waals surface area (Å²) in [7, 11) is 1.62. The number of benzene rings is 2. The predicted molar refractivity (Wildman–Crippen MR) is 92.9 cm³/mol. The topological polar surface area (TPSA) is 63.2 Å². The lowest BCUT2D eigenvalue weighted by Crippen LogP contribution is -1.92. The van der Waals surface area contributed by atoms with Crippen molar-refractivity contribution >= 4 is 28.9 Å². The summed E-state index contributed by atoms with van der Waals surface area (Å²) in [6.07, 6.45) is 3.64. The van der Waals surface area contributed by atoms with Gasteiger partial charge in [-0.15, -0.1) is 0 Å². The molecule has 0 atom stereocenters. The predicted octanol–water partition coefficient (Wildman–Crippen LogP) is 4.69. The third-order valence-corrected chi connectivity index (χ3v) is 3.74. The molecule has 0 saturated carbocycles. The Hall–Kier alpha value is -3.32. The Kier molecular flexibility index (Phi) is 4.17. The molecular weight excluding hydrogens is 302 g/mol. The fraction of sp³-hybridized carbons (Fsp3) is 0.100. The molecule has 0 aliphatic carbocycles. The zero-order valence-corrected chi connectivity index (χ0v) is 13.4. The lowest BCUT2D eigenvalue weighted by atomic mass is 10.0. The Morgan fingerprint density at radius 3 is 2.54 bits per heavy atom. The zero-order valence-electron chi connectivity index (χ0n) is 13.4. The molecule has 24 heavy (non-hydrogen) atoms. The number of Topliss-reactive ketones (excluding diaryl/α,β-unsaturated/α-hetero) is 1. The van der Waals surface area contributed by atoms with Gasteiger partial charge in [-0.25, -0.2) is 0 Å². The lowest BCUT2D eigenvalue weighted by molar-refractivity contribution is 0.101. The van der Waals surface area contributed by atoms with Crippen LogP contribution in [0.1, 0.15) is 34.2 Å². The minimum absolute atomic E-state index is 0.0989. The van der Waals surface area contributed by atoms with Crippen molar-refractivity contribution in [3.8, 4) is 11.8 Å². The van der Waals surface area contributed by atoms with Gasteiger partial charge in [0.2, 0.25) is 0 Å². The zero-order chi connectivity index (χ0) is 17.1. The van der Waals surface area contributed by atoms with Gasteiger partial charge < -0.3 is 9.15 Å². The van der Waals surface area contributed by atoms with Gasteiger partial charge in [0.15, 0.2) is 5.78 Å². The second-order valence-electron chi connectivity index (χ2n) is 5.33. The molecule has 0 amide bonds. The molecule has 0 aliphatic heterocycles. The number of carbonyl (C=O) groups excluding carboxylic acids is 1. The molecule has 0 unspecified atom stereocenters. The summed E-state index contributed by atoms with van der Waals surface area (Å²) < 4.78 is 10.9. The van der Waals surface area contributed by atoms with Gasteiger partial charge in [-0.1, -0.05) is 18.2 Å². The van der Waals surface area contributed by atoms with Crippen molar-refractivity contribution in [3.63, 3.8) is 0 Å². The van der Waals surface area contributed by atoms with E-state index in [1.165, 1.54) is 6.92 Å².